The molecule has 1 aromatic carbocycles. The van der Waals surface area contributed by atoms with Crippen molar-refractivity contribution in [1.29, 1.82) is 0 Å². The van der Waals surface area contributed by atoms with Gasteiger partial charge in [-0.3, -0.25) is 4.90 Å². The van der Waals surface area contributed by atoms with Gasteiger partial charge in [-0.25, -0.2) is 0 Å². The Balaban J connectivity index is 1.75. The van der Waals surface area contributed by atoms with Gasteiger partial charge in [0.25, 0.3) is 5.89 Å². The first-order chi connectivity index (χ1) is 13.6. The highest BCUT2D eigenvalue weighted by Crippen LogP contribution is 2.27. The van der Waals surface area contributed by atoms with Gasteiger partial charge in [0, 0.05) is 12.1 Å². The Labute approximate surface area is 170 Å². The monoisotopic (exact) mass is 400 g/mol. The molecular weight excluding hydrogens is 372 g/mol. The van der Waals surface area contributed by atoms with Crippen molar-refractivity contribution in [2.24, 2.45) is 0 Å². The number of hydrogen-bond acceptors (Lipinski definition) is 7. The van der Waals surface area contributed by atoms with E-state index in [2.05, 4.69) is 57.7 Å². The van der Waals surface area contributed by atoms with E-state index in [9.17, 15) is 0 Å². The number of rotatable bonds is 10. The summed E-state index contributed by atoms with van der Waals surface area (Å²) >= 11 is 1.61. The van der Waals surface area contributed by atoms with Crippen LogP contribution in [-0.4, -0.2) is 43.9 Å². The van der Waals surface area contributed by atoms with E-state index >= 15 is 0 Å². The summed E-state index contributed by atoms with van der Waals surface area (Å²) in [7, 11) is 4.18. The summed E-state index contributed by atoms with van der Waals surface area (Å²) in [6, 6.07) is 10.1. The third-order valence-corrected chi connectivity index (χ3v) is 5.57. The van der Waals surface area contributed by atoms with Crippen LogP contribution >= 0.6 is 11.8 Å². The van der Waals surface area contributed by atoms with Gasteiger partial charge in [-0.1, -0.05) is 55.4 Å². The largest absolute Gasteiger partial charge is 0.334 e. The number of benzene rings is 1. The van der Waals surface area contributed by atoms with Crippen LogP contribution in [0.5, 0.6) is 0 Å². The molecule has 150 valence electrons. The van der Waals surface area contributed by atoms with Gasteiger partial charge in [0.05, 0.1) is 11.8 Å². The molecule has 0 aliphatic rings. The van der Waals surface area contributed by atoms with Gasteiger partial charge in [-0.05, 0) is 39.1 Å². The highest BCUT2D eigenvalue weighted by molar-refractivity contribution is 7.98. The van der Waals surface area contributed by atoms with Crippen molar-refractivity contribution in [3.05, 3.63) is 42.0 Å². The van der Waals surface area contributed by atoms with Crippen molar-refractivity contribution in [2.45, 2.75) is 56.6 Å². The molecule has 3 rings (SSSR count). The van der Waals surface area contributed by atoms with E-state index in [0.717, 1.165) is 42.4 Å². The number of thioether (sulfide) groups is 1. The zero-order valence-corrected chi connectivity index (χ0v) is 17.8. The summed E-state index contributed by atoms with van der Waals surface area (Å²) in [5.41, 5.74) is 0.927. The number of unbranched alkanes of at least 4 members (excludes halogenated alkanes) is 1. The van der Waals surface area contributed by atoms with Crippen LogP contribution in [0.3, 0.4) is 0 Å². The van der Waals surface area contributed by atoms with E-state index < -0.39 is 0 Å². The van der Waals surface area contributed by atoms with Crippen LogP contribution < -0.4 is 0 Å². The number of aromatic nitrogens is 5. The summed E-state index contributed by atoms with van der Waals surface area (Å²) < 4.78 is 7.65. The molecule has 0 amide bonds. The van der Waals surface area contributed by atoms with Crippen LogP contribution in [-0.2, 0) is 12.3 Å². The number of hydrogen-bond donors (Lipinski definition) is 0. The Morgan fingerprint density at radius 1 is 1.14 bits per heavy atom. The summed E-state index contributed by atoms with van der Waals surface area (Å²) in [6.07, 6.45) is 3.22. The topological polar surface area (TPSA) is 72.9 Å². The molecule has 0 saturated heterocycles. The van der Waals surface area contributed by atoms with E-state index in [1.807, 2.05) is 30.3 Å². The van der Waals surface area contributed by atoms with E-state index in [4.69, 9.17) is 4.52 Å². The Hall–Kier alpha value is -2.19. The highest BCUT2D eigenvalue weighted by atomic mass is 32.2. The second-order valence-corrected chi connectivity index (χ2v) is 7.85. The van der Waals surface area contributed by atoms with Gasteiger partial charge < -0.3 is 9.09 Å². The average Bonchev–Trinajstić information content (AvgIpc) is 3.33. The molecule has 1 atom stereocenters. The molecule has 0 bridgehead atoms. The van der Waals surface area contributed by atoms with Crippen molar-refractivity contribution in [1.82, 2.24) is 29.8 Å². The van der Waals surface area contributed by atoms with Crippen molar-refractivity contribution in [2.75, 3.05) is 14.1 Å². The maximum atomic E-state index is 5.40. The summed E-state index contributed by atoms with van der Waals surface area (Å²) in [4.78, 5) is 6.71. The van der Waals surface area contributed by atoms with Crippen molar-refractivity contribution in [3.63, 3.8) is 0 Å². The lowest BCUT2D eigenvalue weighted by molar-refractivity contribution is 0.270. The van der Waals surface area contributed by atoms with Crippen LogP contribution in [0.15, 0.2) is 40.0 Å². The minimum atomic E-state index is 0.258. The zero-order chi connectivity index (χ0) is 19.9. The van der Waals surface area contributed by atoms with Crippen molar-refractivity contribution >= 4 is 11.8 Å². The van der Waals surface area contributed by atoms with Crippen molar-refractivity contribution in [3.8, 4) is 11.5 Å². The SMILES string of the molecule is CCCCn1c(SCc2noc(-c3ccccc3)n2)nnc1C(CC)N(C)C. The molecule has 0 aliphatic heterocycles. The fraction of sp³-hybridized carbons (Fsp3) is 0.500. The standard InChI is InChI=1S/C20H28N6OS/c1-5-7-13-26-18(16(6-2)25(3)4)22-23-20(26)28-14-17-21-19(27-24-17)15-11-9-8-10-12-15/h8-12,16H,5-7,13-14H2,1-4H3. The fourth-order valence-electron chi connectivity index (χ4n) is 3.10. The van der Waals surface area contributed by atoms with Crippen LogP contribution in [0.2, 0.25) is 0 Å². The first-order valence-electron chi connectivity index (χ1n) is 9.74. The second kappa shape index (κ2) is 9.84. The molecule has 28 heavy (non-hydrogen) atoms. The lowest BCUT2D eigenvalue weighted by Gasteiger charge is -2.23. The fourth-order valence-corrected chi connectivity index (χ4v) is 3.91. The predicted octanol–water partition coefficient (Wildman–Crippen LogP) is 4.43. The smallest absolute Gasteiger partial charge is 0.257 e. The lowest BCUT2D eigenvalue weighted by Crippen LogP contribution is -2.23. The summed E-state index contributed by atoms with van der Waals surface area (Å²) in [6.45, 7) is 5.30. The van der Waals surface area contributed by atoms with E-state index in [1.54, 1.807) is 11.8 Å². The first-order valence-corrected chi connectivity index (χ1v) is 10.7. The van der Waals surface area contributed by atoms with Crippen molar-refractivity contribution < 1.29 is 4.52 Å². The highest BCUT2D eigenvalue weighted by Gasteiger charge is 2.22. The molecular formula is C20H28N6OS. The Morgan fingerprint density at radius 3 is 2.61 bits per heavy atom. The van der Waals surface area contributed by atoms with Gasteiger partial charge in [0.1, 0.15) is 0 Å². The third kappa shape index (κ3) is 4.80. The molecule has 0 saturated carbocycles. The summed E-state index contributed by atoms with van der Waals surface area (Å²) in [5.74, 6) is 2.83. The minimum absolute atomic E-state index is 0.258. The molecule has 0 fully saturated rings. The lowest BCUT2D eigenvalue weighted by atomic mass is 10.2. The first kappa shape index (κ1) is 20.5. The average molecular weight is 401 g/mol. The van der Waals surface area contributed by atoms with Crippen LogP contribution in [0.1, 0.15) is 50.8 Å². The van der Waals surface area contributed by atoms with Gasteiger partial charge in [-0.2, -0.15) is 4.98 Å². The molecule has 3 aromatic rings. The Kier molecular flexibility index (Phi) is 7.22. The predicted molar refractivity (Wildman–Crippen MR) is 111 cm³/mol. The van der Waals surface area contributed by atoms with Gasteiger partial charge >= 0.3 is 0 Å². The molecule has 2 heterocycles. The van der Waals surface area contributed by atoms with Gasteiger partial charge in [0.15, 0.2) is 16.8 Å². The van der Waals surface area contributed by atoms with Crippen LogP contribution in [0.4, 0.5) is 0 Å². The van der Waals surface area contributed by atoms with E-state index in [1.165, 1.54) is 0 Å². The van der Waals surface area contributed by atoms with E-state index in [-0.39, 0.29) is 6.04 Å². The van der Waals surface area contributed by atoms with Gasteiger partial charge in [0.2, 0.25) is 0 Å². The molecule has 0 aliphatic carbocycles. The molecule has 0 spiro atoms. The molecule has 2 aromatic heterocycles. The third-order valence-electron chi connectivity index (χ3n) is 4.61. The van der Waals surface area contributed by atoms with Crippen LogP contribution in [0.25, 0.3) is 11.5 Å². The maximum absolute atomic E-state index is 5.40. The number of nitrogens with zero attached hydrogens (tertiary/aromatic N) is 6. The minimum Gasteiger partial charge on any atom is -0.334 e. The molecule has 1 unspecified atom stereocenters. The van der Waals surface area contributed by atoms with Gasteiger partial charge in [-0.15, -0.1) is 10.2 Å². The molecule has 7 nitrogen and oxygen atoms in total. The molecule has 8 heteroatoms. The zero-order valence-electron chi connectivity index (χ0n) is 17.0. The van der Waals surface area contributed by atoms with Crippen LogP contribution in [0, 0.1) is 0 Å². The maximum Gasteiger partial charge on any atom is 0.257 e. The molecule has 0 N–H and O–H groups in total. The summed E-state index contributed by atoms with van der Waals surface area (Å²) in [5, 5.41) is 14.0. The van der Waals surface area contributed by atoms with E-state index in [0.29, 0.717) is 17.5 Å². The second-order valence-electron chi connectivity index (χ2n) is 6.90. The Bertz CT molecular complexity index is 861. The normalized spacial score (nSPS) is 12.6. The molecule has 0 radical (unpaired) electrons. The quantitative estimate of drug-likeness (QED) is 0.466. The Morgan fingerprint density at radius 2 is 1.93 bits per heavy atom.